The Morgan fingerprint density at radius 3 is 2.76 bits per heavy atom. The number of nitrogens with two attached hydrogens (primary N) is 1. The molecule has 0 radical (unpaired) electrons. The van der Waals surface area contributed by atoms with E-state index < -0.39 is 5.82 Å². The second kappa shape index (κ2) is 6.83. The number of benzene rings is 2. The highest BCUT2D eigenvalue weighted by atomic mass is 35.5. The summed E-state index contributed by atoms with van der Waals surface area (Å²) in [7, 11) is 0. The molecule has 0 atom stereocenters. The zero-order valence-corrected chi connectivity index (χ0v) is 12.9. The maximum absolute atomic E-state index is 13.3. The standard InChI is InChI=1S/C15H14ClFN2OS/c1-9-2-3-10(6-12(9)16)19-15(20)8-21-11-4-5-14(18)13(17)7-11/h2-7H,8,18H2,1H3,(H,19,20). The molecular weight excluding hydrogens is 311 g/mol. The molecule has 21 heavy (non-hydrogen) atoms. The van der Waals surface area contributed by atoms with Gasteiger partial charge in [-0.3, -0.25) is 4.79 Å². The fraction of sp³-hybridized carbons (Fsp3) is 0.133. The molecule has 2 aromatic rings. The zero-order chi connectivity index (χ0) is 15.4. The molecule has 0 aromatic heterocycles. The SMILES string of the molecule is Cc1ccc(NC(=O)CSc2ccc(N)c(F)c2)cc1Cl. The Hall–Kier alpha value is -1.72. The molecule has 0 fully saturated rings. The summed E-state index contributed by atoms with van der Waals surface area (Å²) in [5.74, 6) is -0.489. The van der Waals surface area contributed by atoms with Crippen LogP contribution in [0.4, 0.5) is 15.8 Å². The number of halogens is 2. The van der Waals surface area contributed by atoms with Crippen LogP contribution in [-0.4, -0.2) is 11.7 Å². The van der Waals surface area contributed by atoms with Crippen molar-refractivity contribution in [1.29, 1.82) is 0 Å². The summed E-state index contributed by atoms with van der Waals surface area (Å²) in [5, 5.41) is 3.34. The van der Waals surface area contributed by atoms with Crippen LogP contribution in [0.15, 0.2) is 41.3 Å². The Morgan fingerprint density at radius 1 is 1.33 bits per heavy atom. The van der Waals surface area contributed by atoms with Crippen molar-refractivity contribution in [2.75, 3.05) is 16.8 Å². The Morgan fingerprint density at radius 2 is 2.10 bits per heavy atom. The van der Waals surface area contributed by atoms with Gasteiger partial charge in [0.05, 0.1) is 11.4 Å². The highest BCUT2D eigenvalue weighted by Gasteiger charge is 2.06. The number of nitrogen functional groups attached to an aromatic ring is 1. The fourth-order valence-electron chi connectivity index (χ4n) is 1.61. The van der Waals surface area contributed by atoms with Gasteiger partial charge in [0.15, 0.2) is 0 Å². The van der Waals surface area contributed by atoms with Gasteiger partial charge in [0.2, 0.25) is 5.91 Å². The van der Waals surface area contributed by atoms with Crippen LogP contribution in [0.25, 0.3) is 0 Å². The maximum Gasteiger partial charge on any atom is 0.234 e. The molecule has 0 saturated carbocycles. The van der Waals surface area contributed by atoms with E-state index in [1.54, 1.807) is 18.2 Å². The second-order valence-corrected chi connectivity index (χ2v) is 5.94. The van der Waals surface area contributed by atoms with E-state index in [1.807, 2.05) is 13.0 Å². The molecule has 0 spiro atoms. The molecule has 0 saturated heterocycles. The number of aryl methyl sites for hydroxylation is 1. The van der Waals surface area contributed by atoms with Crippen molar-refractivity contribution in [2.45, 2.75) is 11.8 Å². The van der Waals surface area contributed by atoms with Crippen molar-refractivity contribution in [3.05, 3.63) is 52.8 Å². The summed E-state index contributed by atoms with van der Waals surface area (Å²) in [6, 6.07) is 9.79. The molecule has 6 heteroatoms. The highest BCUT2D eigenvalue weighted by Crippen LogP contribution is 2.23. The molecule has 1 amide bonds. The van der Waals surface area contributed by atoms with Crippen LogP contribution in [0, 0.1) is 12.7 Å². The van der Waals surface area contributed by atoms with Crippen molar-refractivity contribution in [3.63, 3.8) is 0 Å². The molecule has 2 aromatic carbocycles. The first-order chi connectivity index (χ1) is 9.95. The lowest BCUT2D eigenvalue weighted by molar-refractivity contribution is -0.113. The average Bonchev–Trinajstić information content (AvgIpc) is 2.44. The minimum Gasteiger partial charge on any atom is -0.396 e. The first-order valence-corrected chi connectivity index (χ1v) is 7.56. The number of hydrogen-bond donors (Lipinski definition) is 2. The van der Waals surface area contributed by atoms with E-state index in [0.717, 1.165) is 5.56 Å². The van der Waals surface area contributed by atoms with Crippen LogP contribution < -0.4 is 11.1 Å². The van der Waals surface area contributed by atoms with Crippen molar-refractivity contribution in [3.8, 4) is 0 Å². The molecule has 110 valence electrons. The van der Waals surface area contributed by atoms with E-state index in [1.165, 1.54) is 23.9 Å². The molecule has 0 aliphatic carbocycles. The predicted molar refractivity (Wildman–Crippen MR) is 86.4 cm³/mol. The lowest BCUT2D eigenvalue weighted by atomic mass is 10.2. The van der Waals surface area contributed by atoms with Crippen molar-refractivity contribution < 1.29 is 9.18 Å². The third-order valence-electron chi connectivity index (χ3n) is 2.80. The molecule has 2 rings (SSSR count). The first kappa shape index (κ1) is 15.7. The second-order valence-electron chi connectivity index (χ2n) is 4.48. The highest BCUT2D eigenvalue weighted by molar-refractivity contribution is 8.00. The van der Waals surface area contributed by atoms with Gasteiger partial charge < -0.3 is 11.1 Å². The number of nitrogens with one attached hydrogen (secondary N) is 1. The minimum absolute atomic E-state index is 0.0955. The molecule has 0 heterocycles. The van der Waals surface area contributed by atoms with E-state index in [0.29, 0.717) is 15.6 Å². The number of rotatable bonds is 4. The van der Waals surface area contributed by atoms with Gasteiger partial charge in [0, 0.05) is 15.6 Å². The minimum atomic E-state index is -0.481. The van der Waals surface area contributed by atoms with E-state index in [9.17, 15) is 9.18 Å². The van der Waals surface area contributed by atoms with E-state index in [4.69, 9.17) is 17.3 Å². The van der Waals surface area contributed by atoms with Crippen LogP contribution in [0.3, 0.4) is 0 Å². The molecule has 0 aliphatic heterocycles. The van der Waals surface area contributed by atoms with E-state index in [2.05, 4.69) is 5.32 Å². The van der Waals surface area contributed by atoms with Gasteiger partial charge in [0.25, 0.3) is 0 Å². The summed E-state index contributed by atoms with van der Waals surface area (Å²) >= 11 is 7.23. The largest absolute Gasteiger partial charge is 0.396 e. The van der Waals surface area contributed by atoms with Crippen LogP contribution in [0.2, 0.25) is 5.02 Å². The molecule has 0 unspecified atom stereocenters. The molecule has 0 bridgehead atoms. The summed E-state index contributed by atoms with van der Waals surface area (Å²) in [6.45, 7) is 1.89. The number of carbonyl (C=O) groups excluding carboxylic acids is 1. The lowest BCUT2D eigenvalue weighted by Crippen LogP contribution is -2.14. The van der Waals surface area contributed by atoms with Crippen LogP contribution in [-0.2, 0) is 4.79 Å². The number of anilines is 2. The van der Waals surface area contributed by atoms with Gasteiger partial charge in [-0.2, -0.15) is 0 Å². The van der Waals surface area contributed by atoms with Gasteiger partial charge in [-0.1, -0.05) is 17.7 Å². The fourth-order valence-corrected chi connectivity index (χ4v) is 2.52. The van der Waals surface area contributed by atoms with Crippen LogP contribution in [0.5, 0.6) is 0 Å². The monoisotopic (exact) mass is 324 g/mol. The number of hydrogen-bond acceptors (Lipinski definition) is 3. The van der Waals surface area contributed by atoms with Gasteiger partial charge in [-0.15, -0.1) is 11.8 Å². The van der Waals surface area contributed by atoms with Gasteiger partial charge in [0.1, 0.15) is 5.82 Å². The van der Waals surface area contributed by atoms with Crippen LogP contribution >= 0.6 is 23.4 Å². The summed E-state index contributed by atoms with van der Waals surface area (Å²) in [6.07, 6.45) is 0. The Bertz CT molecular complexity index is 679. The van der Waals surface area contributed by atoms with Crippen molar-refractivity contribution in [1.82, 2.24) is 0 Å². The average molecular weight is 325 g/mol. The molecular formula is C15H14ClFN2OS. The predicted octanol–water partition coefficient (Wildman–Crippen LogP) is 4.10. The first-order valence-electron chi connectivity index (χ1n) is 6.19. The molecule has 3 N–H and O–H groups in total. The zero-order valence-electron chi connectivity index (χ0n) is 11.3. The Kier molecular flexibility index (Phi) is 5.09. The third kappa shape index (κ3) is 4.37. The Labute approximate surface area is 131 Å². The maximum atomic E-state index is 13.3. The van der Waals surface area contributed by atoms with Crippen molar-refractivity contribution in [2.24, 2.45) is 0 Å². The lowest BCUT2D eigenvalue weighted by Gasteiger charge is -2.07. The van der Waals surface area contributed by atoms with Crippen LogP contribution in [0.1, 0.15) is 5.56 Å². The topological polar surface area (TPSA) is 55.1 Å². The van der Waals surface area contributed by atoms with Gasteiger partial charge >= 0.3 is 0 Å². The van der Waals surface area contributed by atoms with Crippen molar-refractivity contribution >= 4 is 40.6 Å². The van der Waals surface area contributed by atoms with E-state index in [-0.39, 0.29) is 17.3 Å². The molecule has 0 aliphatic rings. The number of thioether (sulfide) groups is 1. The summed E-state index contributed by atoms with van der Waals surface area (Å²) in [4.78, 5) is 12.5. The molecule has 3 nitrogen and oxygen atoms in total. The smallest absolute Gasteiger partial charge is 0.234 e. The number of carbonyl (C=O) groups is 1. The van der Waals surface area contributed by atoms with Gasteiger partial charge in [-0.25, -0.2) is 4.39 Å². The summed E-state index contributed by atoms with van der Waals surface area (Å²) < 4.78 is 13.3. The third-order valence-corrected chi connectivity index (χ3v) is 4.20. The summed E-state index contributed by atoms with van der Waals surface area (Å²) in [5.41, 5.74) is 7.08. The number of amides is 1. The van der Waals surface area contributed by atoms with E-state index >= 15 is 0 Å². The normalized spacial score (nSPS) is 10.4. The quantitative estimate of drug-likeness (QED) is 0.657. The van der Waals surface area contributed by atoms with Gasteiger partial charge in [-0.05, 0) is 42.8 Å². The Balaban J connectivity index is 1.92.